The van der Waals surface area contributed by atoms with Crippen LogP contribution < -0.4 is 0 Å². The molecule has 0 saturated carbocycles. The van der Waals surface area contributed by atoms with E-state index in [0.29, 0.717) is 18.4 Å². The molecule has 0 fully saturated rings. The summed E-state index contributed by atoms with van der Waals surface area (Å²) in [6, 6.07) is 5.64. The number of fused-ring (bicyclic) bond motifs is 1. The lowest BCUT2D eigenvalue weighted by molar-refractivity contribution is -0.119. The van der Waals surface area contributed by atoms with Crippen molar-refractivity contribution in [2.24, 2.45) is 5.41 Å². The number of hydrogen-bond acceptors (Lipinski definition) is 3. The van der Waals surface area contributed by atoms with E-state index in [9.17, 15) is 14.4 Å². The van der Waals surface area contributed by atoms with E-state index >= 15 is 0 Å². The van der Waals surface area contributed by atoms with Gasteiger partial charge in [0.1, 0.15) is 12.1 Å². The topological polar surface area (TPSA) is 51.2 Å². The van der Waals surface area contributed by atoms with Gasteiger partial charge in [-0.2, -0.15) is 0 Å². The smallest absolute Gasteiger partial charge is 0.176 e. The average molecular weight is 351 g/mol. The molecule has 112 valence electrons. The zero-order valence-electron chi connectivity index (χ0n) is 12.5. The molecule has 0 saturated heterocycles. The molecule has 21 heavy (non-hydrogen) atoms. The van der Waals surface area contributed by atoms with E-state index in [2.05, 4.69) is 15.9 Å². The van der Waals surface area contributed by atoms with Crippen LogP contribution in [0.15, 0.2) is 22.7 Å². The number of rotatable bonds is 4. The minimum Gasteiger partial charge on any atom is -0.302 e. The van der Waals surface area contributed by atoms with Gasteiger partial charge in [0, 0.05) is 16.5 Å². The monoisotopic (exact) mass is 350 g/mol. The normalized spacial score (nSPS) is 23.5. The highest BCUT2D eigenvalue weighted by molar-refractivity contribution is 9.10. The third kappa shape index (κ3) is 2.86. The Bertz CT molecular complexity index is 618. The second-order valence-corrected chi connectivity index (χ2v) is 7.47. The lowest BCUT2D eigenvalue weighted by Gasteiger charge is -2.42. The molecular weight excluding hydrogens is 332 g/mol. The first-order valence-electron chi connectivity index (χ1n) is 7.02. The Morgan fingerprint density at radius 2 is 2.05 bits per heavy atom. The zero-order chi connectivity index (χ0) is 15.8. The van der Waals surface area contributed by atoms with E-state index in [1.54, 1.807) is 6.07 Å². The van der Waals surface area contributed by atoms with E-state index in [0.717, 1.165) is 16.3 Å². The number of halogens is 1. The van der Waals surface area contributed by atoms with Crippen LogP contribution in [0, 0.1) is 5.41 Å². The highest BCUT2D eigenvalue weighted by Gasteiger charge is 2.49. The fourth-order valence-corrected chi connectivity index (χ4v) is 3.64. The Labute approximate surface area is 133 Å². The van der Waals surface area contributed by atoms with Crippen molar-refractivity contribution in [2.45, 2.75) is 45.4 Å². The molecular formula is C17H19BrO3. The maximum Gasteiger partial charge on any atom is 0.176 e. The Hall–Kier alpha value is -1.29. The van der Waals surface area contributed by atoms with E-state index < -0.39 is 5.41 Å². The van der Waals surface area contributed by atoms with Gasteiger partial charge in [0.15, 0.2) is 5.78 Å². The summed E-state index contributed by atoms with van der Waals surface area (Å²) >= 11 is 3.38. The Balaban J connectivity index is 2.55. The van der Waals surface area contributed by atoms with Crippen molar-refractivity contribution < 1.29 is 14.4 Å². The molecule has 0 N–H and O–H groups in total. The summed E-state index contributed by atoms with van der Waals surface area (Å²) < 4.78 is 0.818. The van der Waals surface area contributed by atoms with Gasteiger partial charge in [0.25, 0.3) is 0 Å². The first-order valence-corrected chi connectivity index (χ1v) is 7.82. The number of hydrogen-bond donors (Lipinski definition) is 0. The molecule has 3 nitrogen and oxygen atoms in total. The minimum absolute atomic E-state index is 0.00173. The molecule has 1 aliphatic rings. The largest absolute Gasteiger partial charge is 0.302 e. The van der Waals surface area contributed by atoms with Crippen molar-refractivity contribution in [3.63, 3.8) is 0 Å². The van der Waals surface area contributed by atoms with Crippen molar-refractivity contribution in [3.8, 4) is 0 Å². The van der Waals surface area contributed by atoms with Crippen LogP contribution in [-0.4, -0.2) is 17.9 Å². The molecule has 1 aliphatic carbocycles. The number of ketones is 2. The highest BCUT2D eigenvalue weighted by Crippen LogP contribution is 2.47. The molecule has 1 unspecified atom stereocenters. The van der Waals surface area contributed by atoms with Crippen molar-refractivity contribution in [1.29, 1.82) is 0 Å². The van der Waals surface area contributed by atoms with E-state index in [1.807, 2.05) is 26.0 Å². The van der Waals surface area contributed by atoms with Crippen molar-refractivity contribution in [3.05, 3.63) is 33.8 Å². The summed E-state index contributed by atoms with van der Waals surface area (Å²) in [5, 5.41) is 0. The van der Waals surface area contributed by atoms with Crippen molar-refractivity contribution in [1.82, 2.24) is 0 Å². The molecule has 0 aromatic heterocycles. The van der Waals surface area contributed by atoms with Gasteiger partial charge in [-0.05, 0) is 42.9 Å². The standard InChI is InChI=1S/C17H19BrO3/c1-11(20)6-7-17(10-19)9-16(2,3)14-5-4-12(18)8-13(14)15(17)21/h4-5,8,10H,6-7,9H2,1-3H3. The Kier molecular flexibility index (Phi) is 4.20. The van der Waals surface area contributed by atoms with Crippen molar-refractivity contribution >= 4 is 33.8 Å². The maximum atomic E-state index is 12.9. The molecule has 1 atom stereocenters. The Morgan fingerprint density at radius 1 is 1.38 bits per heavy atom. The van der Waals surface area contributed by atoms with Gasteiger partial charge in [-0.1, -0.05) is 35.8 Å². The molecule has 1 aromatic rings. The van der Waals surface area contributed by atoms with Gasteiger partial charge < -0.3 is 9.59 Å². The fraction of sp³-hybridized carbons (Fsp3) is 0.471. The van der Waals surface area contributed by atoms with Gasteiger partial charge in [-0.3, -0.25) is 4.79 Å². The van der Waals surface area contributed by atoms with Crippen LogP contribution in [-0.2, 0) is 15.0 Å². The van der Waals surface area contributed by atoms with E-state index in [-0.39, 0.29) is 23.4 Å². The van der Waals surface area contributed by atoms with Crippen LogP contribution in [0.3, 0.4) is 0 Å². The van der Waals surface area contributed by atoms with Gasteiger partial charge in [-0.15, -0.1) is 0 Å². The quantitative estimate of drug-likeness (QED) is 0.611. The fourth-order valence-electron chi connectivity index (χ4n) is 3.28. The predicted molar refractivity (Wildman–Crippen MR) is 84.5 cm³/mol. The first-order chi connectivity index (χ1) is 9.72. The molecule has 0 aliphatic heterocycles. The van der Waals surface area contributed by atoms with E-state index in [4.69, 9.17) is 0 Å². The third-order valence-corrected chi connectivity index (χ3v) is 4.81. The SMILES string of the molecule is CC(=O)CCC1(C=O)CC(C)(C)c2ccc(Br)cc2C1=O. The molecule has 1 aromatic carbocycles. The van der Waals surface area contributed by atoms with Crippen LogP contribution in [0.5, 0.6) is 0 Å². The summed E-state index contributed by atoms with van der Waals surface area (Å²) in [4.78, 5) is 35.9. The van der Waals surface area contributed by atoms with Crippen LogP contribution in [0.2, 0.25) is 0 Å². The summed E-state index contributed by atoms with van der Waals surface area (Å²) in [6.45, 7) is 5.57. The minimum atomic E-state index is -1.08. The van der Waals surface area contributed by atoms with Gasteiger partial charge in [0.05, 0.1) is 5.41 Å². The summed E-state index contributed by atoms with van der Waals surface area (Å²) in [7, 11) is 0. The van der Waals surface area contributed by atoms with E-state index in [1.165, 1.54) is 6.92 Å². The molecule has 0 bridgehead atoms. The molecule has 4 heteroatoms. The molecule has 2 rings (SSSR count). The summed E-state index contributed by atoms with van der Waals surface area (Å²) in [6.07, 6.45) is 1.75. The predicted octanol–water partition coefficient (Wildman–Crippen LogP) is 3.87. The number of Topliss-reactive ketones (excluding diaryl/α,β-unsaturated/α-hetero) is 2. The number of aldehydes is 1. The molecule has 0 heterocycles. The summed E-state index contributed by atoms with van der Waals surface area (Å²) in [5.41, 5.74) is 0.206. The lowest BCUT2D eigenvalue weighted by Crippen LogP contribution is -2.45. The van der Waals surface area contributed by atoms with Crippen LogP contribution in [0.1, 0.15) is 56.0 Å². The Morgan fingerprint density at radius 3 is 2.62 bits per heavy atom. The second kappa shape index (κ2) is 5.48. The van der Waals surface area contributed by atoms with Crippen molar-refractivity contribution in [2.75, 3.05) is 0 Å². The van der Waals surface area contributed by atoms with Gasteiger partial charge >= 0.3 is 0 Å². The highest BCUT2D eigenvalue weighted by atomic mass is 79.9. The third-order valence-electron chi connectivity index (χ3n) is 4.31. The molecule has 0 amide bonds. The van der Waals surface area contributed by atoms with Crippen LogP contribution in [0.25, 0.3) is 0 Å². The first kappa shape index (κ1) is 16.1. The zero-order valence-corrected chi connectivity index (χ0v) is 14.1. The lowest BCUT2D eigenvalue weighted by atomic mass is 9.59. The number of carbonyl (C=O) groups is 3. The van der Waals surface area contributed by atoms with Gasteiger partial charge in [-0.25, -0.2) is 0 Å². The number of carbonyl (C=O) groups excluding carboxylic acids is 3. The molecule has 0 radical (unpaired) electrons. The average Bonchev–Trinajstić information content (AvgIpc) is 2.41. The second-order valence-electron chi connectivity index (χ2n) is 6.56. The van der Waals surface area contributed by atoms with Gasteiger partial charge in [0.2, 0.25) is 0 Å². The maximum absolute atomic E-state index is 12.9. The number of benzene rings is 1. The van der Waals surface area contributed by atoms with Crippen LogP contribution >= 0.6 is 15.9 Å². The van der Waals surface area contributed by atoms with Crippen LogP contribution in [0.4, 0.5) is 0 Å². The molecule has 0 spiro atoms. The summed E-state index contributed by atoms with van der Waals surface area (Å²) in [5.74, 6) is -0.156.